The van der Waals surface area contributed by atoms with E-state index in [4.69, 9.17) is 4.74 Å². The molecule has 1 aromatic rings. The molecule has 0 saturated heterocycles. The van der Waals surface area contributed by atoms with Crippen LogP contribution >= 0.6 is 0 Å². The Morgan fingerprint density at radius 3 is 2.77 bits per heavy atom. The summed E-state index contributed by atoms with van der Waals surface area (Å²) in [6.07, 6.45) is -0.476. The van der Waals surface area contributed by atoms with E-state index in [9.17, 15) is 14.4 Å². The van der Waals surface area contributed by atoms with Gasteiger partial charge in [-0.15, -0.1) is 0 Å². The average molecular weight is 306 g/mol. The van der Waals surface area contributed by atoms with Crippen molar-refractivity contribution in [2.75, 3.05) is 24.4 Å². The number of esters is 1. The van der Waals surface area contributed by atoms with Crippen LogP contribution in [0.5, 0.6) is 5.75 Å². The maximum absolute atomic E-state index is 11.9. The molecule has 0 radical (unpaired) electrons. The number of carbonyl (C=O) groups excluding carboxylic acids is 3. The molecule has 7 heteroatoms. The van der Waals surface area contributed by atoms with E-state index in [1.165, 1.54) is 12.0 Å². The number of ether oxygens (including phenoxy) is 2. The molecular formula is C15H18N2O5. The van der Waals surface area contributed by atoms with E-state index >= 15 is 0 Å². The van der Waals surface area contributed by atoms with Gasteiger partial charge in [-0.1, -0.05) is 0 Å². The van der Waals surface area contributed by atoms with Crippen molar-refractivity contribution in [3.63, 3.8) is 0 Å². The van der Waals surface area contributed by atoms with Gasteiger partial charge in [-0.25, -0.2) is 0 Å². The lowest BCUT2D eigenvalue weighted by molar-refractivity contribution is -0.141. The lowest BCUT2D eigenvalue weighted by Gasteiger charge is -2.30. The Balaban J connectivity index is 2.07. The molecule has 1 aliphatic heterocycles. The first-order chi connectivity index (χ1) is 10.4. The third kappa shape index (κ3) is 3.36. The fraction of sp³-hybridized carbons (Fsp3) is 0.400. The minimum Gasteiger partial charge on any atom is -0.479 e. The molecule has 22 heavy (non-hydrogen) atoms. The molecule has 1 N–H and O–H groups in total. The Morgan fingerprint density at radius 2 is 2.09 bits per heavy atom. The lowest BCUT2D eigenvalue weighted by Crippen LogP contribution is -2.41. The minimum atomic E-state index is -0.530. The Morgan fingerprint density at radius 1 is 1.36 bits per heavy atom. The van der Waals surface area contributed by atoms with E-state index in [-0.39, 0.29) is 24.7 Å². The molecular weight excluding hydrogens is 288 g/mol. The van der Waals surface area contributed by atoms with Gasteiger partial charge in [0.05, 0.1) is 19.2 Å². The highest BCUT2D eigenvalue weighted by molar-refractivity contribution is 6.00. The number of hydrogen-bond donors (Lipinski definition) is 1. The molecule has 1 atom stereocenters. The maximum Gasteiger partial charge on any atom is 0.306 e. The number of nitrogens with one attached hydrogen (secondary N) is 1. The molecule has 0 aromatic heterocycles. The number of likely N-dealkylation sites (N-methyl/N-ethyl adjacent to an activating group) is 1. The van der Waals surface area contributed by atoms with E-state index in [1.807, 2.05) is 0 Å². The number of fused-ring (bicyclic) bond motifs is 1. The Kier molecular flexibility index (Phi) is 4.65. The van der Waals surface area contributed by atoms with Crippen LogP contribution in [0.25, 0.3) is 0 Å². The van der Waals surface area contributed by atoms with Gasteiger partial charge in [0, 0.05) is 19.2 Å². The van der Waals surface area contributed by atoms with Crippen LogP contribution in [-0.4, -0.2) is 38.0 Å². The number of nitrogens with zero attached hydrogens (tertiary/aromatic N) is 1. The lowest BCUT2D eigenvalue weighted by atomic mass is 10.1. The highest BCUT2D eigenvalue weighted by Gasteiger charge is 2.29. The first-order valence-electron chi connectivity index (χ1n) is 6.87. The van der Waals surface area contributed by atoms with E-state index in [0.29, 0.717) is 17.1 Å². The van der Waals surface area contributed by atoms with Crippen molar-refractivity contribution in [1.82, 2.24) is 0 Å². The number of rotatable bonds is 4. The van der Waals surface area contributed by atoms with Gasteiger partial charge < -0.3 is 19.7 Å². The number of benzene rings is 1. The van der Waals surface area contributed by atoms with Gasteiger partial charge >= 0.3 is 5.97 Å². The minimum absolute atomic E-state index is 0.0201. The topological polar surface area (TPSA) is 84.9 Å². The second kappa shape index (κ2) is 6.46. The Hall–Kier alpha value is -2.57. The zero-order valence-electron chi connectivity index (χ0n) is 12.7. The standard InChI is InChI=1S/C15H18N2O5/c1-9-15(20)17(2)11-8-10(4-5-12(11)22-9)16-13(18)6-7-14(19)21-3/h4-5,8-9H,6-7H2,1-3H3,(H,16,18). The molecule has 7 nitrogen and oxygen atoms in total. The Labute approximate surface area is 128 Å². The van der Waals surface area contributed by atoms with E-state index < -0.39 is 12.1 Å². The molecule has 1 unspecified atom stereocenters. The normalized spacial score (nSPS) is 16.6. The fourth-order valence-electron chi connectivity index (χ4n) is 2.13. The maximum atomic E-state index is 11.9. The van der Waals surface area contributed by atoms with Gasteiger partial charge in [0.2, 0.25) is 5.91 Å². The van der Waals surface area contributed by atoms with Crippen molar-refractivity contribution in [2.45, 2.75) is 25.9 Å². The monoisotopic (exact) mass is 306 g/mol. The number of amides is 2. The third-order valence-electron chi connectivity index (χ3n) is 3.37. The van der Waals surface area contributed by atoms with Crippen LogP contribution in [0.15, 0.2) is 18.2 Å². The van der Waals surface area contributed by atoms with Gasteiger partial charge in [0.15, 0.2) is 6.10 Å². The smallest absolute Gasteiger partial charge is 0.306 e. The van der Waals surface area contributed by atoms with Crippen LogP contribution in [0.4, 0.5) is 11.4 Å². The zero-order chi connectivity index (χ0) is 16.3. The molecule has 1 aliphatic rings. The summed E-state index contributed by atoms with van der Waals surface area (Å²) in [5.41, 5.74) is 1.13. The Bertz CT molecular complexity index is 614. The van der Waals surface area contributed by atoms with Gasteiger partial charge in [-0.2, -0.15) is 0 Å². The third-order valence-corrected chi connectivity index (χ3v) is 3.37. The number of carbonyl (C=O) groups is 3. The summed E-state index contributed by atoms with van der Waals surface area (Å²) in [5, 5.41) is 2.68. The van der Waals surface area contributed by atoms with E-state index in [0.717, 1.165) is 0 Å². The summed E-state index contributed by atoms with van der Waals surface area (Å²) >= 11 is 0. The van der Waals surface area contributed by atoms with Crippen molar-refractivity contribution in [2.24, 2.45) is 0 Å². The molecule has 0 fully saturated rings. The van der Waals surface area contributed by atoms with Crippen molar-refractivity contribution in [3.8, 4) is 5.75 Å². The number of hydrogen-bond acceptors (Lipinski definition) is 5. The number of methoxy groups -OCH3 is 1. The van der Waals surface area contributed by atoms with Crippen molar-refractivity contribution < 1.29 is 23.9 Å². The molecule has 2 rings (SSSR count). The van der Waals surface area contributed by atoms with Gasteiger partial charge in [-0.3, -0.25) is 14.4 Å². The first-order valence-corrected chi connectivity index (χ1v) is 6.87. The van der Waals surface area contributed by atoms with Gasteiger partial charge in [0.25, 0.3) is 5.91 Å². The van der Waals surface area contributed by atoms with Crippen LogP contribution in [0.2, 0.25) is 0 Å². The quantitative estimate of drug-likeness (QED) is 0.848. The van der Waals surface area contributed by atoms with Gasteiger partial charge in [0.1, 0.15) is 5.75 Å². The van der Waals surface area contributed by atoms with Crippen LogP contribution in [0, 0.1) is 0 Å². The van der Waals surface area contributed by atoms with E-state index in [1.54, 1.807) is 32.2 Å². The summed E-state index contributed by atoms with van der Waals surface area (Å²) in [6.45, 7) is 1.68. The second-order valence-corrected chi connectivity index (χ2v) is 4.96. The SMILES string of the molecule is COC(=O)CCC(=O)Nc1ccc2c(c1)N(C)C(=O)C(C)O2. The van der Waals surface area contributed by atoms with Crippen LogP contribution < -0.4 is 15.0 Å². The summed E-state index contributed by atoms with van der Waals surface area (Å²) in [6, 6.07) is 5.05. The predicted molar refractivity (Wildman–Crippen MR) is 79.8 cm³/mol. The highest BCUT2D eigenvalue weighted by Crippen LogP contribution is 2.35. The van der Waals surface area contributed by atoms with Crippen molar-refractivity contribution in [3.05, 3.63) is 18.2 Å². The molecule has 0 spiro atoms. The molecule has 1 heterocycles. The highest BCUT2D eigenvalue weighted by atomic mass is 16.5. The molecule has 118 valence electrons. The number of anilines is 2. The largest absolute Gasteiger partial charge is 0.479 e. The molecule has 0 saturated carbocycles. The van der Waals surface area contributed by atoms with Crippen LogP contribution in [0.1, 0.15) is 19.8 Å². The summed E-state index contributed by atoms with van der Waals surface area (Å²) in [7, 11) is 2.93. The van der Waals surface area contributed by atoms with Crippen LogP contribution in [-0.2, 0) is 19.1 Å². The van der Waals surface area contributed by atoms with Gasteiger partial charge in [-0.05, 0) is 25.1 Å². The van der Waals surface area contributed by atoms with Crippen LogP contribution in [0.3, 0.4) is 0 Å². The second-order valence-electron chi connectivity index (χ2n) is 4.96. The summed E-state index contributed by atoms with van der Waals surface area (Å²) in [5.74, 6) is -0.304. The molecule has 2 amide bonds. The summed E-state index contributed by atoms with van der Waals surface area (Å²) in [4.78, 5) is 36.2. The predicted octanol–water partition coefficient (Wildman–Crippen LogP) is 1.32. The zero-order valence-corrected chi connectivity index (χ0v) is 12.7. The average Bonchev–Trinajstić information content (AvgIpc) is 2.51. The van der Waals surface area contributed by atoms with Crippen molar-refractivity contribution >= 4 is 29.2 Å². The van der Waals surface area contributed by atoms with Crippen molar-refractivity contribution in [1.29, 1.82) is 0 Å². The molecule has 1 aromatic carbocycles. The first kappa shape index (κ1) is 15.8. The summed E-state index contributed by atoms with van der Waals surface area (Å²) < 4.78 is 9.98. The fourth-order valence-corrected chi connectivity index (χ4v) is 2.13. The van der Waals surface area contributed by atoms with E-state index in [2.05, 4.69) is 10.1 Å². The molecule has 0 bridgehead atoms. The molecule has 0 aliphatic carbocycles.